The molecule has 0 saturated heterocycles. The number of carbonyl (C=O) groups is 1. The van der Waals surface area contributed by atoms with Crippen molar-refractivity contribution in [3.8, 4) is 0 Å². The molecule has 1 fully saturated rings. The molecular formula is C22H31N3O. The molecule has 1 saturated carbocycles. The highest BCUT2D eigenvalue weighted by molar-refractivity contribution is 5.86. The third-order valence-electron chi connectivity index (χ3n) is 6.52. The number of rotatable bonds is 4. The number of amides is 1. The Bertz CT molecular complexity index is 773. The lowest BCUT2D eigenvalue weighted by molar-refractivity contribution is -0.140. The number of nitrogens with one attached hydrogen (secondary N) is 2. The first-order valence-corrected chi connectivity index (χ1v) is 10.3. The van der Waals surface area contributed by atoms with Crippen molar-refractivity contribution in [2.24, 2.45) is 11.8 Å². The molecule has 4 heteroatoms. The first kappa shape index (κ1) is 17.6. The van der Waals surface area contributed by atoms with Gasteiger partial charge in [-0.2, -0.15) is 0 Å². The van der Waals surface area contributed by atoms with E-state index in [9.17, 15) is 4.79 Å². The molecule has 26 heavy (non-hydrogen) atoms. The van der Waals surface area contributed by atoms with Gasteiger partial charge < -0.3 is 15.2 Å². The summed E-state index contributed by atoms with van der Waals surface area (Å²) in [5.74, 6) is 1.36. The van der Waals surface area contributed by atoms with E-state index in [1.54, 1.807) is 0 Å². The van der Waals surface area contributed by atoms with E-state index in [2.05, 4.69) is 46.4 Å². The predicted octanol–water partition coefficient (Wildman–Crippen LogP) is 4.03. The van der Waals surface area contributed by atoms with Gasteiger partial charge in [0.25, 0.3) is 0 Å². The molecule has 1 aliphatic heterocycles. The van der Waals surface area contributed by atoms with Crippen molar-refractivity contribution in [2.45, 2.75) is 51.5 Å². The fraction of sp³-hybridized carbons (Fsp3) is 0.591. The van der Waals surface area contributed by atoms with Gasteiger partial charge in [0.2, 0.25) is 5.91 Å². The zero-order chi connectivity index (χ0) is 18.1. The molecule has 1 aromatic heterocycles. The zero-order valence-corrected chi connectivity index (χ0v) is 16.1. The molecule has 0 radical (unpaired) electrons. The molecule has 4 nitrogen and oxygen atoms in total. The van der Waals surface area contributed by atoms with Crippen LogP contribution in [0.1, 0.15) is 56.3 Å². The van der Waals surface area contributed by atoms with E-state index in [4.69, 9.17) is 0 Å². The minimum Gasteiger partial charge on any atom is -0.356 e. The molecule has 2 heterocycles. The summed E-state index contributed by atoms with van der Waals surface area (Å²) in [6.45, 7) is 4.15. The van der Waals surface area contributed by atoms with Crippen molar-refractivity contribution in [3.05, 3.63) is 35.5 Å². The van der Waals surface area contributed by atoms with Gasteiger partial charge in [0, 0.05) is 29.1 Å². The summed E-state index contributed by atoms with van der Waals surface area (Å²) >= 11 is 0. The number of aromatic nitrogens is 1. The molecular weight excluding hydrogens is 322 g/mol. The number of nitrogens with zero attached hydrogens (tertiary/aromatic N) is 1. The largest absolute Gasteiger partial charge is 0.356 e. The summed E-state index contributed by atoms with van der Waals surface area (Å²) in [5, 5.41) is 4.62. The lowest BCUT2D eigenvalue weighted by Crippen LogP contribution is -2.44. The highest BCUT2D eigenvalue weighted by atomic mass is 16.2. The van der Waals surface area contributed by atoms with Crippen molar-refractivity contribution >= 4 is 16.8 Å². The fourth-order valence-electron chi connectivity index (χ4n) is 5.14. The van der Waals surface area contributed by atoms with Crippen LogP contribution >= 0.6 is 0 Å². The lowest BCUT2D eigenvalue weighted by Gasteiger charge is -2.39. The molecule has 2 N–H and O–H groups in total. The van der Waals surface area contributed by atoms with E-state index in [0.717, 1.165) is 44.7 Å². The molecule has 1 unspecified atom stereocenters. The summed E-state index contributed by atoms with van der Waals surface area (Å²) < 4.78 is 0. The maximum Gasteiger partial charge on any atom is 0.226 e. The van der Waals surface area contributed by atoms with E-state index < -0.39 is 0 Å². The number of para-hydroxylation sites is 1. The molecule has 0 spiro atoms. The molecule has 1 atom stereocenters. The van der Waals surface area contributed by atoms with Crippen LogP contribution in [-0.2, 0) is 11.2 Å². The van der Waals surface area contributed by atoms with Crippen LogP contribution in [0.15, 0.2) is 24.3 Å². The van der Waals surface area contributed by atoms with Crippen molar-refractivity contribution in [1.82, 2.24) is 15.2 Å². The third kappa shape index (κ3) is 3.05. The van der Waals surface area contributed by atoms with Crippen molar-refractivity contribution in [1.29, 1.82) is 0 Å². The van der Waals surface area contributed by atoms with Crippen LogP contribution in [0.4, 0.5) is 0 Å². The summed E-state index contributed by atoms with van der Waals surface area (Å²) in [7, 11) is 2.02. The standard InChI is InChI=1S/C22H31N3O/c1-3-20-21-18(17-6-4-5-7-19(17)24-21)12-13-25(20)22(26)16-10-8-15(9-11-16)14-23-2/h4-7,15-16,20,23-24H,3,8-14H2,1-2H3/t15-,16-,20?. The highest BCUT2D eigenvalue weighted by Gasteiger charge is 2.36. The molecule has 0 bridgehead atoms. The number of carbonyl (C=O) groups excluding carboxylic acids is 1. The SMILES string of the molecule is CCC1c2[nH]c3ccccc3c2CCN1C(=O)[C@H]1CC[C@H](CNC)CC1. The van der Waals surface area contributed by atoms with Gasteiger partial charge in [-0.15, -0.1) is 0 Å². The maximum atomic E-state index is 13.3. The summed E-state index contributed by atoms with van der Waals surface area (Å²) in [5.41, 5.74) is 3.91. The number of fused-ring (bicyclic) bond motifs is 3. The van der Waals surface area contributed by atoms with Crippen LogP contribution in [0.2, 0.25) is 0 Å². The smallest absolute Gasteiger partial charge is 0.226 e. The van der Waals surface area contributed by atoms with Crippen molar-refractivity contribution in [3.63, 3.8) is 0 Å². The zero-order valence-electron chi connectivity index (χ0n) is 16.1. The number of benzene rings is 1. The Balaban J connectivity index is 1.53. The van der Waals surface area contributed by atoms with E-state index in [1.165, 1.54) is 35.0 Å². The van der Waals surface area contributed by atoms with Crippen molar-refractivity contribution in [2.75, 3.05) is 20.1 Å². The van der Waals surface area contributed by atoms with Crippen LogP contribution in [0.25, 0.3) is 10.9 Å². The van der Waals surface area contributed by atoms with Gasteiger partial charge in [-0.1, -0.05) is 25.1 Å². The van der Waals surface area contributed by atoms with E-state index >= 15 is 0 Å². The first-order valence-electron chi connectivity index (χ1n) is 10.3. The van der Waals surface area contributed by atoms with Gasteiger partial charge in [-0.25, -0.2) is 0 Å². The summed E-state index contributed by atoms with van der Waals surface area (Å²) in [4.78, 5) is 19.1. The Morgan fingerprint density at radius 2 is 2.00 bits per heavy atom. The molecule has 4 rings (SSSR count). The molecule has 2 aromatic rings. The van der Waals surface area contributed by atoms with E-state index in [0.29, 0.717) is 5.91 Å². The van der Waals surface area contributed by atoms with Crippen molar-refractivity contribution < 1.29 is 4.79 Å². The van der Waals surface area contributed by atoms with Gasteiger partial charge in [0.15, 0.2) is 0 Å². The van der Waals surface area contributed by atoms with Gasteiger partial charge in [-0.3, -0.25) is 4.79 Å². The number of H-pyrrole nitrogens is 1. The minimum absolute atomic E-state index is 0.202. The predicted molar refractivity (Wildman–Crippen MR) is 106 cm³/mol. The second-order valence-corrected chi connectivity index (χ2v) is 8.04. The normalized spacial score (nSPS) is 26.1. The number of hydrogen-bond acceptors (Lipinski definition) is 2. The Hall–Kier alpha value is -1.81. The van der Waals surface area contributed by atoms with Gasteiger partial charge in [0.1, 0.15) is 0 Å². The van der Waals surface area contributed by atoms with Gasteiger partial charge in [0.05, 0.1) is 6.04 Å². The average Bonchev–Trinajstić information content (AvgIpc) is 3.06. The topological polar surface area (TPSA) is 48.1 Å². The maximum absolute atomic E-state index is 13.3. The quantitative estimate of drug-likeness (QED) is 0.872. The number of hydrogen-bond donors (Lipinski definition) is 2. The minimum atomic E-state index is 0.202. The van der Waals surface area contributed by atoms with Crippen LogP contribution in [0.5, 0.6) is 0 Å². The average molecular weight is 354 g/mol. The second kappa shape index (κ2) is 7.43. The third-order valence-corrected chi connectivity index (χ3v) is 6.52. The Labute approximate surface area is 156 Å². The van der Waals surface area contributed by atoms with E-state index in [1.807, 2.05) is 7.05 Å². The highest BCUT2D eigenvalue weighted by Crippen LogP contribution is 2.38. The van der Waals surface area contributed by atoms with Crippen LogP contribution in [0.3, 0.4) is 0 Å². The fourth-order valence-corrected chi connectivity index (χ4v) is 5.14. The first-order chi connectivity index (χ1) is 12.7. The van der Waals surface area contributed by atoms with Gasteiger partial charge >= 0.3 is 0 Å². The molecule has 1 aromatic carbocycles. The molecule has 1 amide bonds. The number of aromatic amines is 1. The second-order valence-electron chi connectivity index (χ2n) is 8.04. The Morgan fingerprint density at radius 3 is 2.73 bits per heavy atom. The Morgan fingerprint density at radius 1 is 1.23 bits per heavy atom. The lowest BCUT2D eigenvalue weighted by atomic mass is 9.80. The monoisotopic (exact) mass is 353 g/mol. The van der Waals surface area contributed by atoms with Crippen LogP contribution in [-0.4, -0.2) is 35.9 Å². The van der Waals surface area contributed by atoms with E-state index in [-0.39, 0.29) is 12.0 Å². The van der Waals surface area contributed by atoms with Gasteiger partial charge in [-0.05, 0) is 69.7 Å². The molecule has 2 aliphatic rings. The molecule has 1 aliphatic carbocycles. The summed E-state index contributed by atoms with van der Waals surface area (Å²) in [6.07, 6.45) is 6.41. The van der Waals surface area contributed by atoms with Crippen LogP contribution in [0, 0.1) is 11.8 Å². The summed E-state index contributed by atoms with van der Waals surface area (Å²) in [6, 6.07) is 8.75. The van der Waals surface area contributed by atoms with Crippen LogP contribution < -0.4 is 5.32 Å². The molecule has 140 valence electrons. The Kier molecular flexibility index (Phi) is 5.03.